The van der Waals surface area contributed by atoms with Crippen LogP contribution in [-0.2, 0) is 9.53 Å². The van der Waals surface area contributed by atoms with Crippen LogP contribution in [0, 0.1) is 0 Å². The van der Waals surface area contributed by atoms with Crippen molar-refractivity contribution < 1.29 is 14.6 Å². The first-order valence-electron chi connectivity index (χ1n) is 5.06. The van der Waals surface area contributed by atoms with Gasteiger partial charge in [0, 0.05) is 6.20 Å². The molecular formula is C11H15NO3S. The van der Waals surface area contributed by atoms with Crippen LogP contribution in [0.2, 0.25) is 0 Å². The number of nitrogens with zero attached hydrogens (tertiary/aromatic N) is 1. The summed E-state index contributed by atoms with van der Waals surface area (Å²) in [5, 5.41) is 10.0. The molecule has 0 unspecified atom stereocenters. The van der Waals surface area contributed by atoms with Crippen molar-refractivity contribution >= 4 is 17.7 Å². The maximum atomic E-state index is 11.1. The number of esters is 1. The molecule has 0 aliphatic heterocycles. The van der Waals surface area contributed by atoms with Crippen molar-refractivity contribution in [3.63, 3.8) is 0 Å². The molecule has 1 aromatic rings. The molecule has 88 valence electrons. The second-order valence-corrected chi connectivity index (χ2v) is 4.20. The van der Waals surface area contributed by atoms with E-state index in [1.807, 2.05) is 0 Å². The van der Waals surface area contributed by atoms with E-state index < -0.39 is 6.10 Å². The Morgan fingerprint density at radius 1 is 1.62 bits per heavy atom. The highest BCUT2D eigenvalue weighted by atomic mass is 32.2. The summed E-state index contributed by atoms with van der Waals surface area (Å²) >= 11 is 1.32. The molecule has 0 aliphatic rings. The van der Waals surface area contributed by atoms with Gasteiger partial charge in [0.1, 0.15) is 0 Å². The zero-order chi connectivity index (χ0) is 12.0. The van der Waals surface area contributed by atoms with Gasteiger partial charge >= 0.3 is 5.97 Å². The highest BCUT2D eigenvalue weighted by molar-refractivity contribution is 7.99. The number of carbonyl (C=O) groups is 1. The Kier molecular flexibility index (Phi) is 5.28. The van der Waals surface area contributed by atoms with Gasteiger partial charge in [-0.25, -0.2) is 4.98 Å². The zero-order valence-electron chi connectivity index (χ0n) is 9.34. The number of aliphatic hydroxyl groups is 1. The van der Waals surface area contributed by atoms with Crippen LogP contribution in [0.4, 0.5) is 0 Å². The fourth-order valence-corrected chi connectivity index (χ4v) is 1.70. The zero-order valence-corrected chi connectivity index (χ0v) is 10.2. The molecule has 4 nitrogen and oxygen atoms in total. The first-order valence-corrected chi connectivity index (χ1v) is 6.04. The summed E-state index contributed by atoms with van der Waals surface area (Å²) < 4.78 is 4.80. The van der Waals surface area contributed by atoms with Crippen LogP contribution >= 0.6 is 11.8 Å². The van der Waals surface area contributed by atoms with Gasteiger partial charge in [-0.1, -0.05) is 17.8 Å². The average molecular weight is 241 g/mol. The largest absolute Gasteiger partial charge is 0.465 e. The number of hydrogen-bond donors (Lipinski definition) is 1. The van der Waals surface area contributed by atoms with Gasteiger partial charge in [0.25, 0.3) is 0 Å². The minimum atomic E-state index is -0.517. The maximum absolute atomic E-state index is 11.1. The average Bonchev–Trinajstić information content (AvgIpc) is 2.27. The first-order chi connectivity index (χ1) is 7.63. The van der Waals surface area contributed by atoms with E-state index in [0.717, 1.165) is 10.6 Å². The van der Waals surface area contributed by atoms with Crippen LogP contribution in [0.15, 0.2) is 23.4 Å². The molecule has 0 saturated heterocycles. The Bertz CT molecular complexity index is 338. The molecule has 1 atom stereocenters. The molecule has 1 rings (SSSR count). The van der Waals surface area contributed by atoms with Gasteiger partial charge < -0.3 is 9.84 Å². The van der Waals surface area contributed by atoms with Gasteiger partial charge in [0.05, 0.1) is 23.5 Å². The lowest BCUT2D eigenvalue weighted by molar-refractivity contribution is -0.139. The summed E-state index contributed by atoms with van der Waals surface area (Å²) in [6.07, 6.45) is 1.09. The Hall–Kier alpha value is -1.07. The molecule has 0 fully saturated rings. The second-order valence-electron chi connectivity index (χ2n) is 3.20. The molecule has 5 heteroatoms. The fourth-order valence-electron chi connectivity index (χ4n) is 1.06. The predicted molar refractivity (Wildman–Crippen MR) is 62.2 cm³/mol. The van der Waals surface area contributed by atoms with Crippen LogP contribution in [0.5, 0.6) is 0 Å². The third-order valence-electron chi connectivity index (χ3n) is 1.88. The fraction of sp³-hybridized carbons (Fsp3) is 0.455. The number of hydrogen-bond acceptors (Lipinski definition) is 5. The number of carbonyl (C=O) groups excluding carboxylic acids is 1. The standard InChI is InChI=1S/C11H15NO3S/c1-3-15-11(14)7-16-10-5-4-9(6-12-10)8(2)13/h4-6,8,13H,3,7H2,1-2H3/t8-/m0/s1. The van der Waals surface area contributed by atoms with E-state index in [-0.39, 0.29) is 11.7 Å². The minimum Gasteiger partial charge on any atom is -0.465 e. The molecule has 1 N–H and O–H groups in total. The normalized spacial score (nSPS) is 12.2. The van der Waals surface area contributed by atoms with Gasteiger partial charge in [-0.2, -0.15) is 0 Å². The van der Waals surface area contributed by atoms with Crippen molar-refractivity contribution in [1.29, 1.82) is 0 Å². The first kappa shape index (κ1) is 13.0. The van der Waals surface area contributed by atoms with Gasteiger partial charge in [-0.15, -0.1) is 0 Å². The summed E-state index contributed by atoms with van der Waals surface area (Å²) in [5.41, 5.74) is 0.764. The van der Waals surface area contributed by atoms with E-state index in [1.165, 1.54) is 11.8 Å². The lowest BCUT2D eigenvalue weighted by Crippen LogP contribution is -2.06. The van der Waals surface area contributed by atoms with Gasteiger partial charge in [-0.3, -0.25) is 4.79 Å². The minimum absolute atomic E-state index is 0.242. The lowest BCUT2D eigenvalue weighted by atomic mass is 10.2. The Balaban J connectivity index is 2.46. The van der Waals surface area contributed by atoms with Gasteiger partial charge in [-0.05, 0) is 25.5 Å². The van der Waals surface area contributed by atoms with E-state index in [1.54, 1.807) is 32.2 Å². The lowest BCUT2D eigenvalue weighted by Gasteiger charge is -2.05. The van der Waals surface area contributed by atoms with E-state index >= 15 is 0 Å². The third kappa shape index (κ3) is 4.20. The molecule has 0 saturated carbocycles. The van der Waals surface area contributed by atoms with E-state index in [4.69, 9.17) is 4.74 Å². The number of aliphatic hydroxyl groups excluding tert-OH is 1. The molecule has 0 radical (unpaired) electrons. The number of rotatable bonds is 5. The molecule has 0 amide bonds. The predicted octanol–water partition coefficient (Wildman–Crippen LogP) is 1.79. The van der Waals surface area contributed by atoms with Crippen LogP contribution in [0.1, 0.15) is 25.5 Å². The van der Waals surface area contributed by atoms with Crippen molar-refractivity contribution in [3.05, 3.63) is 23.9 Å². The molecule has 1 heterocycles. The van der Waals surface area contributed by atoms with Crippen LogP contribution in [0.25, 0.3) is 0 Å². The van der Waals surface area contributed by atoms with E-state index in [2.05, 4.69) is 4.98 Å². The van der Waals surface area contributed by atoms with Crippen LogP contribution < -0.4 is 0 Å². The highest BCUT2D eigenvalue weighted by Crippen LogP contribution is 2.18. The summed E-state index contributed by atoms with van der Waals surface area (Å²) in [4.78, 5) is 15.2. The number of aromatic nitrogens is 1. The monoisotopic (exact) mass is 241 g/mol. The number of ether oxygens (including phenoxy) is 1. The van der Waals surface area contributed by atoms with E-state index in [0.29, 0.717) is 6.61 Å². The molecule has 1 aromatic heterocycles. The van der Waals surface area contributed by atoms with Crippen molar-refractivity contribution in [2.75, 3.05) is 12.4 Å². The Morgan fingerprint density at radius 2 is 2.38 bits per heavy atom. The highest BCUT2D eigenvalue weighted by Gasteiger charge is 2.05. The second kappa shape index (κ2) is 6.50. The molecule has 16 heavy (non-hydrogen) atoms. The van der Waals surface area contributed by atoms with Gasteiger partial charge in [0.2, 0.25) is 0 Å². The topological polar surface area (TPSA) is 59.4 Å². The molecule has 0 bridgehead atoms. The SMILES string of the molecule is CCOC(=O)CSc1ccc([C@H](C)O)cn1. The molecular weight excluding hydrogens is 226 g/mol. The van der Waals surface area contributed by atoms with Crippen molar-refractivity contribution in [2.24, 2.45) is 0 Å². The van der Waals surface area contributed by atoms with Crippen molar-refractivity contribution in [3.8, 4) is 0 Å². The number of pyridine rings is 1. The van der Waals surface area contributed by atoms with Crippen LogP contribution in [-0.4, -0.2) is 28.4 Å². The van der Waals surface area contributed by atoms with Crippen molar-refractivity contribution in [2.45, 2.75) is 25.0 Å². The van der Waals surface area contributed by atoms with Crippen LogP contribution in [0.3, 0.4) is 0 Å². The molecule has 0 aromatic carbocycles. The summed E-state index contributed by atoms with van der Waals surface area (Å²) in [6.45, 7) is 3.86. The quantitative estimate of drug-likeness (QED) is 0.629. The summed E-state index contributed by atoms with van der Waals surface area (Å²) in [5.74, 6) is 0.0170. The van der Waals surface area contributed by atoms with Gasteiger partial charge in [0.15, 0.2) is 0 Å². The Labute approximate surface area is 99.0 Å². The molecule has 0 spiro atoms. The molecule has 0 aliphatic carbocycles. The summed E-state index contributed by atoms with van der Waals surface area (Å²) in [7, 11) is 0. The smallest absolute Gasteiger partial charge is 0.316 e. The number of thioether (sulfide) groups is 1. The summed E-state index contributed by atoms with van der Waals surface area (Å²) in [6, 6.07) is 3.58. The Morgan fingerprint density at radius 3 is 2.88 bits per heavy atom. The van der Waals surface area contributed by atoms with E-state index in [9.17, 15) is 9.90 Å². The van der Waals surface area contributed by atoms with Crippen molar-refractivity contribution in [1.82, 2.24) is 4.98 Å². The maximum Gasteiger partial charge on any atom is 0.316 e. The third-order valence-corrected chi connectivity index (χ3v) is 2.80.